The zero-order chi connectivity index (χ0) is 20.7. The molecule has 4 nitrogen and oxygen atoms in total. The molecule has 3 saturated carbocycles. The van der Waals surface area contributed by atoms with E-state index < -0.39 is 45.2 Å². The number of aliphatic hydroxyl groups excluding tert-OH is 1. The Labute approximate surface area is 173 Å². The van der Waals surface area contributed by atoms with Gasteiger partial charge in [-0.2, -0.15) is 0 Å². The molecule has 0 amide bonds. The molecule has 28 heavy (non-hydrogen) atoms. The molecule has 154 valence electrons. The van der Waals surface area contributed by atoms with Crippen LogP contribution in [0.3, 0.4) is 0 Å². The number of hydrogen-bond donors (Lipinski definition) is 2. The number of hydrogen-bond acceptors (Lipinski definition) is 4. The molecule has 0 spiro atoms. The Bertz CT molecular complexity index is 812. The van der Waals surface area contributed by atoms with Crippen LogP contribution in [-0.4, -0.2) is 50.4 Å². The molecule has 4 rings (SSSR count). The quantitative estimate of drug-likeness (QED) is 0.659. The molecule has 4 aliphatic carbocycles. The topological polar surface area (TPSA) is 74.6 Å². The first-order valence-electron chi connectivity index (χ1n) is 9.74. The van der Waals surface area contributed by atoms with Crippen LogP contribution in [-0.2, 0) is 9.59 Å². The van der Waals surface area contributed by atoms with Gasteiger partial charge in [-0.3, -0.25) is 9.59 Å². The molecule has 0 radical (unpaired) electrons. The molecular formula is C21H25Cl2FO4. The van der Waals surface area contributed by atoms with Crippen molar-refractivity contribution in [2.75, 3.05) is 6.61 Å². The first-order valence-corrected chi connectivity index (χ1v) is 10.6. The summed E-state index contributed by atoms with van der Waals surface area (Å²) in [6.07, 6.45) is 4.15. The van der Waals surface area contributed by atoms with Crippen LogP contribution in [0.5, 0.6) is 0 Å². The van der Waals surface area contributed by atoms with Gasteiger partial charge in [0.2, 0.25) is 0 Å². The Morgan fingerprint density at radius 1 is 1.36 bits per heavy atom. The molecule has 2 unspecified atom stereocenters. The molecular weight excluding hydrogens is 406 g/mol. The van der Waals surface area contributed by atoms with Gasteiger partial charge in [0, 0.05) is 10.8 Å². The van der Waals surface area contributed by atoms with Crippen molar-refractivity contribution in [2.45, 2.75) is 61.6 Å². The monoisotopic (exact) mass is 430 g/mol. The summed E-state index contributed by atoms with van der Waals surface area (Å²) in [4.78, 5) is 23.3. The second kappa shape index (κ2) is 6.13. The summed E-state index contributed by atoms with van der Waals surface area (Å²) < 4.78 is 15.3. The lowest BCUT2D eigenvalue weighted by molar-refractivity contribution is -0.162. The van der Waals surface area contributed by atoms with Gasteiger partial charge in [0.1, 0.15) is 18.4 Å². The number of alkyl halides is 3. The smallest absolute Gasteiger partial charge is 0.190 e. The normalized spacial score (nSPS) is 52.5. The number of rotatable bonds is 2. The van der Waals surface area contributed by atoms with Crippen molar-refractivity contribution in [3.8, 4) is 0 Å². The minimum Gasteiger partial charge on any atom is -0.388 e. The van der Waals surface area contributed by atoms with E-state index in [4.69, 9.17) is 23.2 Å². The SMILES string of the molecule is C[C@]12C=CC(=O)C=C1C(F)C[C@H]1[C@@H]3CC[C@](O)(C(=O)CO)[C@@]3(C)CC(Cl)[C@@]12Cl. The Balaban J connectivity index is 1.84. The lowest BCUT2D eigenvalue weighted by Crippen LogP contribution is -2.68. The average molecular weight is 431 g/mol. The van der Waals surface area contributed by atoms with Gasteiger partial charge in [0.05, 0.1) is 10.3 Å². The van der Waals surface area contributed by atoms with E-state index in [0.29, 0.717) is 12.0 Å². The highest BCUT2D eigenvalue weighted by Gasteiger charge is 2.73. The third-order valence-corrected chi connectivity index (χ3v) is 9.89. The van der Waals surface area contributed by atoms with E-state index in [2.05, 4.69) is 0 Å². The zero-order valence-corrected chi connectivity index (χ0v) is 17.4. The zero-order valence-electron chi connectivity index (χ0n) is 15.9. The van der Waals surface area contributed by atoms with Crippen molar-refractivity contribution >= 4 is 34.8 Å². The molecule has 4 aliphatic rings. The Kier molecular flexibility index (Phi) is 4.49. The van der Waals surface area contributed by atoms with Crippen molar-refractivity contribution in [3.63, 3.8) is 0 Å². The van der Waals surface area contributed by atoms with Gasteiger partial charge in [0.25, 0.3) is 0 Å². The molecule has 0 bridgehead atoms. The fourth-order valence-corrected chi connectivity index (χ4v) is 7.93. The Morgan fingerprint density at radius 2 is 2.04 bits per heavy atom. The molecule has 0 saturated heterocycles. The highest BCUT2D eigenvalue weighted by atomic mass is 35.5. The third-order valence-electron chi connectivity index (χ3n) is 8.34. The molecule has 0 aliphatic heterocycles. The molecule has 0 aromatic rings. The maximum absolute atomic E-state index is 15.3. The molecule has 2 N–H and O–H groups in total. The highest BCUT2D eigenvalue weighted by molar-refractivity contribution is 6.34. The number of allylic oxidation sites excluding steroid dienone is 4. The van der Waals surface area contributed by atoms with E-state index in [1.807, 2.05) is 13.8 Å². The Hall–Kier alpha value is -0.750. The lowest BCUT2D eigenvalue weighted by Gasteiger charge is -2.64. The van der Waals surface area contributed by atoms with Crippen LogP contribution in [0.1, 0.15) is 39.5 Å². The van der Waals surface area contributed by atoms with Crippen molar-refractivity contribution < 1.29 is 24.2 Å². The molecule has 8 atom stereocenters. The van der Waals surface area contributed by atoms with Crippen LogP contribution in [0, 0.1) is 22.7 Å². The minimum atomic E-state index is -1.70. The molecule has 7 heteroatoms. The number of halogens is 3. The minimum absolute atomic E-state index is 0.0961. The number of carbonyl (C=O) groups excluding carboxylic acids is 2. The van der Waals surface area contributed by atoms with E-state index in [1.54, 1.807) is 6.08 Å². The summed E-state index contributed by atoms with van der Waals surface area (Å²) in [6, 6.07) is 0. The number of Topliss-reactive ketones (excluding diaryl/α,β-unsaturated/α-hetero) is 1. The summed E-state index contributed by atoms with van der Waals surface area (Å²) in [5.41, 5.74) is -3.16. The summed E-state index contributed by atoms with van der Waals surface area (Å²) in [6.45, 7) is 2.89. The van der Waals surface area contributed by atoms with Gasteiger partial charge in [-0.1, -0.05) is 19.9 Å². The summed E-state index contributed by atoms with van der Waals surface area (Å²) >= 11 is 14.1. The number of aliphatic hydroxyl groups is 2. The predicted molar refractivity (Wildman–Crippen MR) is 104 cm³/mol. The van der Waals surface area contributed by atoms with Crippen LogP contribution < -0.4 is 0 Å². The van der Waals surface area contributed by atoms with Crippen LogP contribution in [0.25, 0.3) is 0 Å². The molecule has 3 fully saturated rings. The van der Waals surface area contributed by atoms with Gasteiger partial charge in [-0.05, 0) is 55.2 Å². The van der Waals surface area contributed by atoms with Gasteiger partial charge in [0.15, 0.2) is 11.6 Å². The Morgan fingerprint density at radius 3 is 2.68 bits per heavy atom. The van der Waals surface area contributed by atoms with Crippen molar-refractivity contribution in [1.29, 1.82) is 0 Å². The van der Waals surface area contributed by atoms with E-state index >= 15 is 4.39 Å². The van der Waals surface area contributed by atoms with E-state index in [9.17, 15) is 19.8 Å². The summed E-state index contributed by atoms with van der Waals surface area (Å²) in [5.74, 6) is -1.48. The summed E-state index contributed by atoms with van der Waals surface area (Å²) in [7, 11) is 0. The number of carbonyl (C=O) groups is 2. The molecule has 0 aromatic heterocycles. The van der Waals surface area contributed by atoms with Crippen LogP contribution in [0.15, 0.2) is 23.8 Å². The lowest BCUT2D eigenvalue weighted by atomic mass is 9.46. The van der Waals surface area contributed by atoms with Gasteiger partial charge >= 0.3 is 0 Å². The van der Waals surface area contributed by atoms with Crippen LogP contribution in [0.2, 0.25) is 0 Å². The number of ketones is 2. The van der Waals surface area contributed by atoms with Gasteiger partial charge in [-0.15, -0.1) is 23.2 Å². The van der Waals surface area contributed by atoms with Crippen molar-refractivity contribution in [1.82, 2.24) is 0 Å². The first kappa shape index (κ1) is 20.5. The maximum atomic E-state index is 15.3. The second-order valence-corrected chi connectivity index (χ2v) is 10.4. The van der Waals surface area contributed by atoms with Crippen molar-refractivity contribution in [3.05, 3.63) is 23.8 Å². The number of fused-ring (bicyclic) bond motifs is 5. The van der Waals surface area contributed by atoms with Crippen LogP contribution in [0.4, 0.5) is 4.39 Å². The fraction of sp³-hybridized carbons (Fsp3) is 0.714. The first-order chi connectivity index (χ1) is 13.0. The van der Waals surface area contributed by atoms with E-state index in [0.717, 1.165) is 0 Å². The average Bonchev–Trinajstić information content (AvgIpc) is 2.91. The molecule has 0 aromatic carbocycles. The standard InChI is InChI=1S/C21H25Cl2FO4/c1-18-5-3-11(26)7-14(18)15(24)8-13-12-4-6-20(28,17(27)10-25)19(12,2)9-16(22)21(13,18)23/h3,5,7,12-13,15-16,25,28H,4,6,8-10H2,1-2H3/t12-,13-,15?,16?,18-,19-,20-,21-/m0/s1. The van der Waals surface area contributed by atoms with Gasteiger partial charge < -0.3 is 10.2 Å². The second-order valence-electron chi connectivity index (χ2n) is 9.29. The van der Waals surface area contributed by atoms with E-state index in [-0.39, 0.29) is 36.9 Å². The molecule has 0 heterocycles. The third kappa shape index (κ3) is 2.19. The van der Waals surface area contributed by atoms with Gasteiger partial charge in [-0.25, -0.2) is 4.39 Å². The van der Waals surface area contributed by atoms with E-state index in [1.165, 1.54) is 12.2 Å². The van der Waals surface area contributed by atoms with Crippen LogP contribution >= 0.6 is 23.2 Å². The fourth-order valence-electron chi connectivity index (χ4n) is 6.73. The highest BCUT2D eigenvalue weighted by Crippen LogP contribution is 2.71. The maximum Gasteiger partial charge on any atom is 0.190 e. The predicted octanol–water partition coefficient (Wildman–Crippen LogP) is 3.11. The largest absolute Gasteiger partial charge is 0.388 e. The summed E-state index contributed by atoms with van der Waals surface area (Å²) in [5, 5.41) is 20.0. The van der Waals surface area contributed by atoms with Crippen molar-refractivity contribution in [2.24, 2.45) is 22.7 Å².